The molecular formula is C29H34N6O3. The fourth-order valence-corrected chi connectivity index (χ4v) is 4.76. The molecule has 198 valence electrons. The highest BCUT2D eigenvalue weighted by Crippen LogP contribution is 2.29. The number of nitrogens with zero attached hydrogens (tertiary/aromatic N) is 5. The van der Waals surface area contributed by atoms with Crippen LogP contribution in [0.25, 0.3) is 11.3 Å². The van der Waals surface area contributed by atoms with Crippen LogP contribution in [-0.4, -0.2) is 79.4 Å². The van der Waals surface area contributed by atoms with Gasteiger partial charge in [-0.3, -0.25) is 4.90 Å². The van der Waals surface area contributed by atoms with E-state index in [4.69, 9.17) is 19.2 Å². The van der Waals surface area contributed by atoms with Gasteiger partial charge in [0.1, 0.15) is 23.7 Å². The number of nitrogens with one attached hydrogen (secondary N) is 1. The number of hydrogen-bond donors (Lipinski definition) is 1. The van der Waals surface area contributed by atoms with Crippen molar-refractivity contribution >= 4 is 11.6 Å². The van der Waals surface area contributed by atoms with Gasteiger partial charge in [-0.15, -0.1) is 0 Å². The molecule has 2 saturated heterocycles. The first kappa shape index (κ1) is 25.9. The van der Waals surface area contributed by atoms with Crippen LogP contribution in [0.4, 0.5) is 11.6 Å². The predicted molar refractivity (Wildman–Crippen MR) is 146 cm³/mol. The van der Waals surface area contributed by atoms with E-state index in [1.807, 2.05) is 36.4 Å². The van der Waals surface area contributed by atoms with E-state index >= 15 is 0 Å². The lowest BCUT2D eigenvalue weighted by atomic mass is 10.1. The Morgan fingerprint density at radius 3 is 2.63 bits per heavy atom. The van der Waals surface area contributed by atoms with Crippen LogP contribution in [0.5, 0.6) is 11.5 Å². The zero-order chi connectivity index (χ0) is 26.3. The number of methoxy groups -OCH3 is 1. The quantitative estimate of drug-likeness (QED) is 0.477. The van der Waals surface area contributed by atoms with Crippen molar-refractivity contribution in [1.82, 2.24) is 19.8 Å². The Bertz CT molecular complexity index is 1280. The van der Waals surface area contributed by atoms with Crippen molar-refractivity contribution in [2.45, 2.75) is 25.5 Å². The molecule has 1 N–H and O–H groups in total. The number of aromatic nitrogens is 2. The fraction of sp³-hybridized carbons (Fsp3) is 0.414. The van der Waals surface area contributed by atoms with Crippen molar-refractivity contribution in [2.24, 2.45) is 0 Å². The lowest BCUT2D eigenvalue weighted by molar-refractivity contribution is 0.0254. The van der Waals surface area contributed by atoms with E-state index in [2.05, 4.69) is 39.3 Å². The van der Waals surface area contributed by atoms with Crippen LogP contribution in [0.1, 0.15) is 24.0 Å². The maximum absolute atomic E-state index is 9.74. The number of likely N-dealkylation sites (N-methyl/N-ethyl adjacent to an activating group) is 1. The van der Waals surface area contributed by atoms with Crippen LogP contribution >= 0.6 is 0 Å². The monoisotopic (exact) mass is 514 g/mol. The fourth-order valence-electron chi connectivity index (χ4n) is 4.76. The molecule has 1 aromatic heterocycles. The zero-order valence-corrected chi connectivity index (χ0v) is 22.0. The summed E-state index contributed by atoms with van der Waals surface area (Å²) in [6.07, 6.45) is 3.44. The van der Waals surface area contributed by atoms with Gasteiger partial charge in [-0.05, 0) is 37.4 Å². The molecule has 9 nitrogen and oxygen atoms in total. The first-order chi connectivity index (χ1) is 18.6. The SMILES string of the molecule is COc1cc(Nc2nccc(-c3ccc(OC4CCOCC4)c(C#N)c3)n2)ccc1CN1CCN(C)CC1. The molecule has 0 bridgehead atoms. The van der Waals surface area contributed by atoms with Crippen LogP contribution in [0.3, 0.4) is 0 Å². The molecule has 0 amide bonds. The summed E-state index contributed by atoms with van der Waals surface area (Å²) >= 11 is 0. The molecule has 9 heteroatoms. The zero-order valence-electron chi connectivity index (χ0n) is 22.0. The Hall–Kier alpha value is -3.71. The third-order valence-electron chi connectivity index (χ3n) is 7.05. The number of hydrogen-bond acceptors (Lipinski definition) is 9. The second-order valence-corrected chi connectivity index (χ2v) is 9.75. The average Bonchev–Trinajstić information content (AvgIpc) is 2.96. The molecule has 2 aromatic carbocycles. The molecule has 3 aromatic rings. The molecule has 5 rings (SSSR count). The minimum atomic E-state index is 0.0708. The molecule has 3 heterocycles. The van der Waals surface area contributed by atoms with Crippen molar-refractivity contribution < 1.29 is 14.2 Å². The van der Waals surface area contributed by atoms with Gasteiger partial charge < -0.3 is 24.4 Å². The van der Waals surface area contributed by atoms with Gasteiger partial charge in [-0.1, -0.05) is 6.07 Å². The van der Waals surface area contributed by atoms with Gasteiger partial charge in [0.2, 0.25) is 5.95 Å². The second kappa shape index (κ2) is 12.2. The normalized spacial score (nSPS) is 17.1. The van der Waals surface area contributed by atoms with Crippen molar-refractivity contribution in [2.75, 3.05) is 58.9 Å². The number of nitriles is 1. The summed E-state index contributed by atoms with van der Waals surface area (Å²) in [4.78, 5) is 13.9. The van der Waals surface area contributed by atoms with Crippen molar-refractivity contribution in [3.8, 4) is 28.8 Å². The Morgan fingerprint density at radius 2 is 1.87 bits per heavy atom. The molecule has 0 spiro atoms. The first-order valence-corrected chi connectivity index (χ1v) is 13.1. The van der Waals surface area contributed by atoms with Gasteiger partial charge in [-0.25, -0.2) is 9.97 Å². The molecule has 38 heavy (non-hydrogen) atoms. The molecule has 0 unspecified atom stereocenters. The molecule has 2 fully saturated rings. The molecule has 2 aliphatic heterocycles. The third-order valence-corrected chi connectivity index (χ3v) is 7.05. The largest absolute Gasteiger partial charge is 0.496 e. The van der Waals surface area contributed by atoms with Crippen LogP contribution < -0.4 is 14.8 Å². The summed E-state index contributed by atoms with van der Waals surface area (Å²) in [5, 5.41) is 13.0. The highest BCUT2D eigenvalue weighted by atomic mass is 16.5. The van der Waals surface area contributed by atoms with E-state index in [1.165, 1.54) is 0 Å². The van der Waals surface area contributed by atoms with Gasteiger partial charge in [0, 0.05) is 74.6 Å². The average molecular weight is 515 g/mol. The van der Waals surface area contributed by atoms with Gasteiger partial charge in [0.05, 0.1) is 31.6 Å². The Kier molecular flexibility index (Phi) is 8.34. The van der Waals surface area contributed by atoms with E-state index in [0.29, 0.717) is 30.5 Å². The summed E-state index contributed by atoms with van der Waals surface area (Å²) in [7, 11) is 3.86. The molecule has 0 aliphatic carbocycles. The maximum atomic E-state index is 9.74. The highest BCUT2D eigenvalue weighted by Gasteiger charge is 2.18. The van der Waals surface area contributed by atoms with Gasteiger partial charge in [0.15, 0.2) is 0 Å². The maximum Gasteiger partial charge on any atom is 0.227 e. The van der Waals surface area contributed by atoms with E-state index in [9.17, 15) is 5.26 Å². The lowest BCUT2D eigenvalue weighted by Crippen LogP contribution is -2.43. The van der Waals surface area contributed by atoms with Crippen molar-refractivity contribution in [1.29, 1.82) is 5.26 Å². The number of benzene rings is 2. The van der Waals surface area contributed by atoms with Gasteiger partial charge in [0.25, 0.3) is 0 Å². The summed E-state index contributed by atoms with van der Waals surface area (Å²) < 4.78 is 17.2. The second-order valence-electron chi connectivity index (χ2n) is 9.75. The van der Waals surface area contributed by atoms with E-state index in [1.54, 1.807) is 13.3 Å². The number of rotatable bonds is 8. The Balaban J connectivity index is 1.29. The molecule has 0 saturated carbocycles. The van der Waals surface area contributed by atoms with Crippen molar-refractivity contribution in [3.63, 3.8) is 0 Å². The lowest BCUT2D eigenvalue weighted by Gasteiger charge is -2.32. The summed E-state index contributed by atoms with van der Waals surface area (Å²) in [5.74, 6) is 1.90. The van der Waals surface area contributed by atoms with E-state index in [-0.39, 0.29) is 6.10 Å². The molecular weight excluding hydrogens is 480 g/mol. The van der Waals surface area contributed by atoms with Crippen LogP contribution in [-0.2, 0) is 11.3 Å². The van der Waals surface area contributed by atoms with E-state index < -0.39 is 0 Å². The summed E-state index contributed by atoms with van der Waals surface area (Å²) in [5.41, 5.74) is 4.04. The number of anilines is 2. The number of ether oxygens (including phenoxy) is 3. The summed E-state index contributed by atoms with van der Waals surface area (Å²) in [6, 6.07) is 15.8. The standard InChI is InChI=1S/C29H34N6O3/c1-34-11-13-35(14-12-34)20-22-3-5-24(18-28(22)36-2)32-29-31-10-7-26(33-29)21-4-6-27(23(17-21)19-30)38-25-8-15-37-16-9-25/h3-7,10,17-18,25H,8-9,11-16,20H2,1-2H3,(H,31,32,33). The third kappa shape index (κ3) is 6.40. The predicted octanol–water partition coefficient (Wildman–Crippen LogP) is 4.07. The molecule has 2 aliphatic rings. The van der Waals surface area contributed by atoms with Crippen LogP contribution in [0, 0.1) is 11.3 Å². The Morgan fingerprint density at radius 1 is 1.05 bits per heavy atom. The minimum absolute atomic E-state index is 0.0708. The first-order valence-electron chi connectivity index (χ1n) is 13.1. The highest BCUT2D eigenvalue weighted by molar-refractivity contribution is 5.66. The molecule has 0 atom stereocenters. The van der Waals surface area contributed by atoms with Crippen molar-refractivity contribution in [3.05, 3.63) is 59.8 Å². The topological polar surface area (TPSA) is 95.8 Å². The van der Waals surface area contributed by atoms with Gasteiger partial charge >= 0.3 is 0 Å². The number of piperazine rings is 1. The smallest absolute Gasteiger partial charge is 0.227 e. The van der Waals surface area contributed by atoms with Crippen LogP contribution in [0.2, 0.25) is 0 Å². The van der Waals surface area contributed by atoms with Gasteiger partial charge in [-0.2, -0.15) is 5.26 Å². The molecule has 0 radical (unpaired) electrons. The Labute approximate surface area is 224 Å². The summed E-state index contributed by atoms with van der Waals surface area (Å²) in [6.45, 7) is 6.50. The minimum Gasteiger partial charge on any atom is -0.496 e. The van der Waals surface area contributed by atoms with Crippen LogP contribution in [0.15, 0.2) is 48.7 Å². The van der Waals surface area contributed by atoms with E-state index in [0.717, 1.165) is 73.8 Å².